The zero-order valence-corrected chi connectivity index (χ0v) is 17.2. The van der Waals surface area contributed by atoms with Gasteiger partial charge < -0.3 is 14.6 Å². The van der Waals surface area contributed by atoms with Crippen LogP contribution in [0.5, 0.6) is 0 Å². The second-order valence-corrected chi connectivity index (χ2v) is 8.62. The number of hydrogen-bond donors (Lipinski definition) is 2. The van der Waals surface area contributed by atoms with Crippen molar-refractivity contribution < 1.29 is 22.7 Å². The maximum Gasteiger partial charge on any atom is 0.341 e. The van der Waals surface area contributed by atoms with Crippen molar-refractivity contribution in [3.8, 4) is 0 Å². The minimum Gasteiger partial charge on any atom is -0.462 e. The first-order valence-electron chi connectivity index (χ1n) is 9.30. The van der Waals surface area contributed by atoms with Gasteiger partial charge in [0.2, 0.25) is 15.9 Å². The number of carbonyl (C=O) groups is 2. The summed E-state index contributed by atoms with van der Waals surface area (Å²) in [6.07, 6.45) is 5.22. The third-order valence-electron chi connectivity index (χ3n) is 5.00. The number of sulfonamides is 1. The van der Waals surface area contributed by atoms with Crippen LogP contribution in [0.4, 0.5) is 0 Å². The van der Waals surface area contributed by atoms with E-state index >= 15 is 0 Å². The summed E-state index contributed by atoms with van der Waals surface area (Å²) in [7, 11) is -2.34. The van der Waals surface area contributed by atoms with Crippen molar-refractivity contribution in [3.63, 3.8) is 0 Å². The van der Waals surface area contributed by atoms with E-state index in [1.807, 2.05) is 0 Å². The summed E-state index contributed by atoms with van der Waals surface area (Å²) in [4.78, 5) is 29.0. The molecule has 1 aliphatic carbocycles. The van der Waals surface area contributed by atoms with Crippen LogP contribution in [0.25, 0.3) is 0 Å². The average molecular weight is 400 g/mol. The predicted octanol–water partition coefficient (Wildman–Crippen LogP) is 1.88. The molecule has 2 N–H and O–H groups in total. The van der Waals surface area contributed by atoms with Gasteiger partial charge in [-0.15, -0.1) is 0 Å². The van der Waals surface area contributed by atoms with Crippen LogP contribution in [0, 0.1) is 13.8 Å². The number of nitrogens with zero attached hydrogens (tertiary/aromatic N) is 1. The molecule has 2 rings (SSSR count). The average Bonchev–Trinajstić information content (AvgIpc) is 2.95. The molecule has 27 heavy (non-hydrogen) atoms. The van der Waals surface area contributed by atoms with E-state index in [4.69, 9.17) is 4.74 Å². The molecule has 0 saturated heterocycles. The summed E-state index contributed by atoms with van der Waals surface area (Å²) in [6.45, 7) is 4.63. The molecule has 9 heteroatoms. The van der Waals surface area contributed by atoms with Crippen molar-refractivity contribution in [3.05, 3.63) is 17.0 Å². The number of likely N-dealkylation sites (N-methyl/N-ethyl adjacent to an activating group) is 1. The van der Waals surface area contributed by atoms with Crippen LogP contribution in [0.15, 0.2) is 4.90 Å². The monoisotopic (exact) mass is 399 g/mol. The van der Waals surface area contributed by atoms with Gasteiger partial charge in [0.25, 0.3) is 0 Å². The van der Waals surface area contributed by atoms with Crippen LogP contribution in [-0.2, 0) is 19.6 Å². The van der Waals surface area contributed by atoms with Crippen molar-refractivity contribution in [1.29, 1.82) is 0 Å². The molecule has 1 heterocycles. The summed E-state index contributed by atoms with van der Waals surface area (Å²) >= 11 is 0. The second kappa shape index (κ2) is 8.88. The van der Waals surface area contributed by atoms with Gasteiger partial charge in [-0.1, -0.05) is 19.3 Å². The van der Waals surface area contributed by atoms with Gasteiger partial charge in [-0.05, 0) is 33.6 Å². The number of esters is 1. The highest BCUT2D eigenvalue weighted by molar-refractivity contribution is 7.89. The van der Waals surface area contributed by atoms with Crippen LogP contribution in [-0.4, -0.2) is 56.4 Å². The van der Waals surface area contributed by atoms with Crippen LogP contribution in [0.3, 0.4) is 0 Å². The second-order valence-electron chi connectivity index (χ2n) is 6.92. The Morgan fingerprint density at radius 1 is 1.19 bits per heavy atom. The van der Waals surface area contributed by atoms with E-state index in [0.29, 0.717) is 11.4 Å². The van der Waals surface area contributed by atoms with Crippen molar-refractivity contribution in [2.24, 2.45) is 0 Å². The lowest BCUT2D eigenvalue weighted by molar-refractivity contribution is -0.131. The lowest BCUT2D eigenvalue weighted by Crippen LogP contribution is -2.44. The maximum absolute atomic E-state index is 12.8. The number of ether oxygens (including phenoxy) is 1. The topological polar surface area (TPSA) is 109 Å². The Morgan fingerprint density at radius 2 is 1.81 bits per heavy atom. The molecule has 1 amide bonds. The molecule has 0 aromatic carbocycles. The largest absolute Gasteiger partial charge is 0.462 e. The zero-order chi connectivity index (χ0) is 20.2. The van der Waals surface area contributed by atoms with Gasteiger partial charge in [0, 0.05) is 24.5 Å². The highest BCUT2D eigenvalue weighted by atomic mass is 32.2. The number of aromatic nitrogens is 1. The highest BCUT2D eigenvalue weighted by Gasteiger charge is 2.31. The molecule has 1 saturated carbocycles. The van der Waals surface area contributed by atoms with Gasteiger partial charge in [-0.2, -0.15) is 0 Å². The fraction of sp³-hybridized carbons (Fsp3) is 0.667. The van der Waals surface area contributed by atoms with Crippen LogP contribution in [0.2, 0.25) is 0 Å². The first kappa shape index (κ1) is 21.4. The number of amides is 1. The normalized spacial score (nSPS) is 15.6. The molecule has 0 atom stereocenters. The Morgan fingerprint density at radius 3 is 2.41 bits per heavy atom. The summed E-state index contributed by atoms with van der Waals surface area (Å²) < 4.78 is 32.9. The molecular weight excluding hydrogens is 370 g/mol. The molecule has 0 bridgehead atoms. The number of hydrogen-bond acceptors (Lipinski definition) is 5. The van der Waals surface area contributed by atoms with E-state index in [9.17, 15) is 18.0 Å². The molecule has 0 radical (unpaired) electrons. The summed E-state index contributed by atoms with van der Waals surface area (Å²) in [5, 5.41) is 0. The Labute approximate surface area is 160 Å². The lowest BCUT2D eigenvalue weighted by Gasteiger charge is -2.31. The third-order valence-corrected chi connectivity index (χ3v) is 6.57. The van der Waals surface area contributed by atoms with Crippen molar-refractivity contribution in [2.45, 2.75) is 63.8 Å². The molecular formula is C18H29N3O5S. The number of aryl methyl sites for hydroxylation is 2. The van der Waals surface area contributed by atoms with Gasteiger partial charge in [0.1, 0.15) is 10.5 Å². The minimum absolute atomic E-state index is 0.0186. The van der Waals surface area contributed by atoms with Crippen LogP contribution < -0.4 is 4.72 Å². The standard InChI is InChI=1S/C18H29N3O5S/c1-5-26-18(23)16-12(2)20-13(3)17(16)27(24,25)19-11-15(22)21(4)14-9-7-6-8-10-14/h14,19-20H,5-11H2,1-4H3. The molecule has 1 aromatic heterocycles. The summed E-state index contributed by atoms with van der Waals surface area (Å²) in [6, 6.07) is 0.155. The number of rotatable bonds is 7. The fourth-order valence-electron chi connectivity index (χ4n) is 3.57. The first-order valence-corrected chi connectivity index (χ1v) is 10.8. The fourth-order valence-corrected chi connectivity index (χ4v) is 4.99. The van der Waals surface area contributed by atoms with Crippen molar-refractivity contribution in [2.75, 3.05) is 20.2 Å². The first-order chi connectivity index (χ1) is 12.7. The number of H-pyrrole nitrogens is 1. The van der Waals surface area contributed by atoms with E-state index < -0.39 is 16.0 Å². The molecule has 8 nitrogen and oxygen atoms in total. The molecule has 0 spiro atoms. The molecule has 1 aliphatic rings. The molecule has 0 unspecified atom stereocenters. The van der Waals surface area contributed by atoms with Crippen LogP contribution >= 0.6 is 0 Å². The maximum atomic E-state index is 12.8. The predicted molar refractivity (Wildman–Crippen MR) is 101 cm³/mol. The molecule has 152 valence electrons. The Kier molecular flexibility index (Phi) is 7.05. The molecule has 1 fully saturated rings. The minimum atomic E-state index is -4.05. The van der Waals surface area contributed by atoms with E-state index in [-0.39, 0.29) is 35.6 Å². The van der Waals surface area contributed by atoms with Crippen LogP contribution in [0.1, 0.15) is 60.8 Å². The number of aromatic amines is 1. The molecule has 1 aromatic rings. The van der Waals surface area contributed by atoms with Gasteiger partial charge in [0.05, 0.1) is 13.2 Å². The van der Waals surface area contributed by atoms with Crippen molar-refractivity contribution in [1.82, 2.24) is 14.6 Å². The highest BCUT2D eigenvalue weighted by Crippen LogP contribution is 2.25. The SMILES string of the molecule is CCOC(=O)c1c(C)[nH]c(C)c1S(=O)(=O)NCC(=O)N(C)C1CCCCC1. The van der Waals surface area contributed by atoms with Gasteiger partial charge in [-0.3, -0.25) is 4.79 Å². The van der Waals surface area contributed by atoms with E-state index in [2.05, 4.69) is 9.71 Å². The smallest absolute Gasteiger partial charge is 0.341 e. The number of carbonyl (C=O) groups excluding carboxylic acids is 2. The zero-order valence-electron chi connectivity index (χ0n) is 16.4. The Bertz CT molecular complexity index is 794. The van der Waals surface area contributed by atoms with Crippen molar-refractivity contribution >= 4 is 21.9 Å². The van der Waals surface area contributed by atoms with Gasteiger partial charge >= 0.3 is 5.97 Å². The van der Waals surface area contributed by atoms with E-state index in [0.717, 1.165) is 25.7 Å². The third kappa shape index (κ3) is 4.90. The van der Waals surface area contributed by atoms with Gasteiger partial charge in [-0.25, -0.2) is 17.9 Å². The lowest BCUT2D eigenvalue weighted by atomic mass is 9.94. The van der Waals surface area contributed by atoms with E-state index in [1.165, 1.54) is 6.42 Å². The summed E-state index contributed by atoms with van der Waals surface area (Å²) in [5.74, 6) is -0.988. The Hall–Kier alpha value is -1.87. The van der Waals surface area contributed by atoms with E-state index in [1.54, 1.807) is 32.7 Å². The molecule has 0 aliphatic heterocycles. The van der Waals surface area contributed by atoms with Gasteiger partial charge in [0.15, 0.2) is 0 Å². The number of nitrogens with one attached hydrogen (secondary N) is 2. The quantitative estimate of drug-likeness (QED) is 0.681. The summed E-state index contributed by atoms with van der Waals surface area (Å²) in [5.41, 5.74) is 0.725. The Balaban J connectivity index is 2.15.